The molecule has 1 aliphatic heterocycles. The lowest BCUT2D eigenvalue weighted by Gasteiger charge is -2.22. The summed E-state index contributed by atoms with van der Waals surface area (Å²) in [6.07, 6.45) is 2.05. The average molecular weight is 324 g/mol. The van der Waals surface area contributed by atoms with Gasteiger partial charge in [0.15, 0.2) is 9.84 Å². The van der Waals surface area contributed by atoms with Gasteiger partial charge in [0.05, 0.1) is 9.64 Å². The Bertz CT molecular complexity index is 645. The molecule has 1 aromatic carbocycles. The first-order valence-corrected chi connectivity index (χ1v) is 9.03. The van der Waals surface area contributed by atoms with Crippen molar-refractivity contribution in [3.8, 4) is 0 Å². The molecule has 0 saturated carbocycles. The fourth-order valence-corrected chi connectivity index (χ4v) is 3.70. The highest BCUT2D eigenvalue weighted by Gasteiger charge is 2.31. The second-order valence-corrected chi connectivity index (χ2v) is 9.46. The zero-order valence-corrected chi connectivity index (χ0v) is 14.4. The van der Waals surface area contributed by atoms with E-state index in [4.69, 9.17) is 0 Å². The van der Waals surface area contributed by atoms with E-state index in [1.54, 1.807) is 49.9 Å². The van der Waals surface area contributed by atoms with Crippen LogP contribution in [0.25, 0.3) is 0 Å². The molecule has 5 nitrogen and oxygen atoms in total. The van der Waals surface area contributed by atoms with Gasteiger partial charge in [-0.1, -0.05) is 0 Å². The minimum atomic E-state index is -3.37. The molecule has 1 aromatic rings. The average Bonchev–Trinajstić information content (AvgIpc) is 2.84. The molecule has 0 aliphatic carbocycles. The molecule has 1 fully saturated rings. The highest BCUT2D eigenvalue weighted by atomic mass is 32.2. The van der Waals surface area contributed by atoms with Crippen LogP contribution in [0.5, 0.6) is 0 Å². The van der Waals surface area contributed by atoms with Crippen LogP contribution in [0.1, 0.15) is 40.5 Å². The van der Waals surface area contributed by atoms with E-state index in [1.165, 1.54) is 0 Å². The third-order valence-electron chi connectivity index (χ3n) is 4.04. The Balaban J connectivity index is 2.11. The molecule has 0 spiro atoms. The van der Waals surface area contributed by atoms with Crippen molar-refractivity contribution < 1.29 is 13.2 Å². The maximum atomic E-state index is 12.3. The molecule has 122 valence electrons. The van der Waals surface area contributed by atoms with Gasteiger partial charge in [-0.2, -0.15) is 0 Å². The van der Waals surface area contributed by atoms with E-state index >= 15 is 0 Å². The van der Waals surface area contributed by atoms with Gasteiger partial charge in [0, 0.05) is 18.3 Å². The van der Waals surface area contributed by atoms with Crippen molar-refractivity contribution in [2.45, 2.75) is 56.2 Å². The standard InChI is InChI=1S/C16H24N2O3S/c1-12-6-5-11-18(12)15(19)17-13-7-9-14(10-8-13)22(20,21)16(2,3)4/h7-10,12H,5-6,11H2,1-4H3,(H,17,19)/t12-/m1/s1. The summed E-state index contributed by atoms with van der Waals surface area (Å²) in [5.74, 6) is 0. The molecule has 1 N–H and O–H groups in total. The van der Waals surface area contributed by atoms with Gasteiger partial charge in [-0.25, -0.2) is 13.2 Å². The zero-order valence-electron chi connectivity index (χ0n) is 13.6. The number of anilines is 1. The molecule has 2 rings (SSSR count). The van der Waals surface area contributed by atoms with Crippen molar-refractivity contribution in [1.82, 2.24) is 4.90 Å². The fourth-order valence-electron chi connectivity index (χ4n) is 2.50. The molecular weight excluding hydrogens is 300 g/mol. The topological polar surface area (TPSA) is 66.5 Å². The number of rotatable bonds is 2. The van der Waals surface area contributed by atoms with Crippen molar-refractivity contribution in [3.05, 3.63) is 24.3 Å². The molecule has 0 aromatic heterocycles. The number of benzene rings is 1. The third kappa shape index (κ3) is 3.27. The molecule has 6 heteroatoms. The largest absolute Gasteiger partial charge is 0.322 e. The van der Waals surface area contributed by atoms with E-state index in [1.807, 2.05) is 6.92 Å². The van der Waals surface area contributed by atoms with Gasteiger partial charge in [-0.05, 0) is 64.8 Å². The number of hydrogen-bond acceptors (Lipinski definition) is 3. The van der Waals surface area contributed by atoms with E-state index in [2.05, 4.69) is 5.32 Å². The third-order valence-corrected chi connectivity index (χ3v) is 6.54. The van der Waals surface area contributed by atoms with Gasteiger partial charge in [0.25, 0.3) is 0 Å². The summed E-state index contributed by atoms with van der Waals surface area (Å²) in [4.78, 5) is 14.2. The fraction of sp³-hybridized carbons (Fsp3) is 0.562. The first-order chi connectivity index (χ1) is 10.1. The molecule has 1 heterocycles. The van der Waals surface area contributed by atoms with Crippen LogP contribution in [-0.4, -0.2) is 36.7 Å². The number of likely N-dealkylation sites (tertiary alicyclic amines) is 1. The van der Waals surface area contributed by atoms with Crippen LogP contribution in [0.15, 0.2) is 29.2 Å². The van der Waals surface area contributed by atoms with Crippen LogP contribution in [0.3, 0.4) is 0 Å². The maximum Gasteiger partial charge on any atom is 0.322 e. The lowest BCUT2D eigenvalue weighted by molar-refractivity contribution is 0.210. The Kier molecular flexibility index (Phi) is 4.52. The number of carbonyl (C=O) groups excluding carboxylic acids is 1. The summed E-state index contributed by atoms with van der Waals surface area (Å²) in [5, 5.41) is 2.82. The number of nitrogens with zero attached hydrogens (tertiary/aromatic N) is 1. The predicted molar refractivity (Wildman–Crippen MR) is 87.8 cm³/mol. The van der Waals surface area contributed by atoms with Crippen molar-refractivity contribution in [2.75, 3.05) is 11.9 Å². The lowest BCUT2D eigenvalue weighted by atomic mass is 10.2. The first kappa shape index (κ1) is 16.8. The second kappa shape index (κ2) is 5.91. The predicted octanol–water partition coefficient (Wildman–Crippen LogP) is 3.28. The Morgan fingerprint density at radius 3 is 2.27 bits per heavy atom. The van der Waals surface area contributed by atoms with Crippen LogP contribution in [-0.2, 0) is 9.84 Å². The highest BCUT2D eigenvalue weighted by Crippen LogP contribution is 2.26. The monoisotopic (exact) mass is 324 g/mol. The molecule has 22 heavy (non-hydrogen) atoms. The van der Waals surface area contributed by atoms with Crippen molar-refractivity contribution in [1.29, 1.82) is 0 Å². The number of sulfone groups is 1. The van der Waals surface area contributed by atoms with Crippen molar-refractivity contribution in [2.24, 2.45) is 0 Å². The van der Waals surface area contributed by atoms with Gasteiger partial charge in [-0.15, -0.1) is 0 Å². The molecule has 0 radical (unpaired) electrons. The first-order valence-electron chi connectivity index (χ1n) is 7.55. The number of carbonyl (C=O) groups is 1. The molecule has 1 atom stereocenters. The van der Waals surface area contributed by atoms with E-state index in [9.17, 15) is 13.2 Å². The van der Waals surface area contributed by atoms with E-state index in [-0.39, 0.29) is 17.0 Å². The summed E-state index contributed by atoms with van der Waals surface area (Å²) in [6.45, 7) is 7.82. The summed E-state index contributed by atoms with van der Waals surface area (Å²) in [5.41, 5.74) is 0.608. The van der Waals surface area contributed by atoms with Crippen LogP contribution in [0.4, 0.5) is 10.5 Å². The van der Waals surface area contributed by atoms with Gasteiger partial charge >= 0.3 is 6.03 Å². The van der Waals surface area contributed by atoms with Gasteiger partial charge in [-0.3, -0.25) is 0 Å². The quantitative estimate of drug-likeness (QED) is 0.908. The summed E-state index contributed by atoms with van der Waals surface area (Å²) >= 11 is 0. The Hall–Kier alpha value is -1.56. The molecule has 1 aliphatic rings. The van der Waals surface area contributed by atoms with Crippen LogP contribution in [0.2, 0.25) is 0 Å². The van der Waals surface area contributed by atoms with Crippen LogP contribution in [0, 0.1) is 0 Å². The van der Waals surface area contributed by atoms with Gasteiger partial charge < -0.3 is 10.2 Å². The van der Waals surface area contributed by atoms with E-state index < -0.39 is 14.6 Å². The van der Waals surface area contributed by atoms with E-state index in [0.717, 1.165) is 19.4 Å². The van der Waals surface area contributed by atoms with Gasteiger partial charge in [0.1, 0.15) is 0 Å². The Morgan fingerprint density at radius 2 is 1.82 bits per heavy atom. The Morgan fingerprint density at radius 1 is 1.23 bits per heavy atom. The van der Waals surface area contributed by atoms with Crippen LogP contribution >= 0.6 is 0 Å². The molecular formula is C16H24N2O3S. The summed E-state index contributed by atoms with van der Waals surface area (Å²) < 4.78 is 23.8. The zero-order chi connectivity index (χ0) is 16.5. The number of amides is 2. The maximum absolute atomic E-state index is 12.3. The molecule has 2 amide bonds. The van der Waals surface area contributed by atoms with Crippen molar-refractivity contribution in [3.63, 3.8) is 0 Å². The van der Waals surface area contributed by atoms with Gasteiger partial charge in [0.2, 0.25) is 0 Å². The number of hydrogen-bond donors (Lipinski definition) is 1. The summed E-state index contributed by atoms with van der Waals surface area (Å²) in [7, 11) is -3.37. The van der Waals surface area contributed by atoms with Crippen molar-refractivity contribution >= 4 is 21.6 Å². The second-order valence-electron chi connectivity index (χ2n) is 6.75. The minimum Gasteiger partial charge on any atom is -0.322 e. The normalized spacial score (nSPS) is 19.3. The van der Waals surface area contributed by atoms with E-state index in [0.29, 0.717) is 5.69 Å². The molecule has 0 unspecified atom stereocenters. The number of nitrogens with one attached hydrogen (secondary N) is 1. The Labute approximate surface area is 132 Å². The van der Waals surface area contributed by atoms with Crippen LogP contribution < -0.4 is 5.32 Å². The summed E-state index contributed by atoms with van der Waals surface area (Å²) in [6, 6.07) is 6.49. The lowest BCUT2D eigenvalue weighted by Crippen LogP contribution is -2.37. The highest BCUT2D eigenvalue weighted by molar-refractivity contribution is 7.92. The molecule has 0 bridgehead atoms. The smallest absolute Gasteiger partial charge is 0.322 e. The molecule has 1 saturated heterocycles. The number of urea groups is 1. The minimum absolute atomic E-state index is 0.128. The SMILES string of the molecule is C[C@@H]1CCCN1C(=O)Nc1ccc(S(=O)(=O)C(C)(C)C)cc1.